The summed E-state index contributed by atoms with van der Waals surface area (Å²) in [5.74, 6) is 0. The monoisotopic (exact) mass is 172 g/mol. The lowest BCUT2D eigenvalue weighted by Crippen LogP contribution is -2.44. The van der Waals surface area contributed by atoms with Gasteiger partial charge in [-0.2, -0.15) is 0 Å². The van der Waals surface area contributed by atoms with Crippen molar-refractivity contribution in [2.75, 3.05) is 0 Å². The van der Waals surface area contributed by atoms with Crippen molar-refractivity contribution >= 4 is 49.3 Å². The van der Waals surface area contributed by atoms with Gasteiger partial charge in [0.25, 0.3) is 0 Å². The first-order chi connectivity index (χ1) is 2.83. The predicted molar refractivity (Wildman–Crippen MR) is 40.7 cm³/mol. The standard InChI is InChI=1S/CS5/c2-1-3-6(2,4-1)5-1. The van der Waals surface area contributed by atoms with E-state index in [0.29, 0.717) is 2.74 Å². The highest BCUT2D eigenvalue weighted by atomic mass is 34.2. The van der Waals surface area contributed by atoms with E-state index in [9.17, 15) is 0 Å². The van der Waals surface area contributed by atoms with Gasteiger partial charge in [-0.1, -0.05) is 0 Å². The molecular formula is CS5. The molecule has 0 unspecified atom stereocenters. The van der Waals surface area contributed by atoms with E-state index in [1.165, 1.54) is 0 Å². The molecule has 0 atom stereocenters. The van der Waals surface area contributed by atoms with Crippen LogP contribution in [0.5, 0.6) is 0 Å². The van der Waals surface area contributed by atoms with Crippen LogP contribution >= 0.6 is 49.3 Å². The number of hydrogen-bond donors (Lipinski definition) is 0. The molecule has 6 aliphatic rings. The molecule has 6 heavy (non-hydrogen) atoms. The van der Waals surface area contributed by atoms with E-state index < -0.39 is 0 Å². The minimum absolute atomic E-state index is 0.0370. The van der Waals surface area contributed by atoms with Crippen molar-refractivity contribution in [3.63, 3.8) is 0 Å². The van der Waals surface area contributed by atoms with Crippen LogP contribution in [0.3, 0.4) is 0 Å². The molecule has 0 aromatic heterocycles. The van der Waals surface area contributed by atoms with E-state index in [1.54, 1.807) is 0 Å². The average Bonchev–Trinajstić information content (AvgIpc) is 0.503. The smallest absolute Gasteiger partial charge is 0.0408 e. The van der Waals surface area contributed by atoms with Crippen LogP contribution in [0.1, 0.15) is 0 Å². The largest absolute Gasteiger partial charge is 0.195 e. The summed E-state index contributed by atoms with van der Waals surface area (Å²) >= 11 is 0. The van der Waals surface area contributed by atoms with E-state index in [0.717, 1.165) is 0 Å². The minimum Gasteiger partial charge on any atom is -0.0408 e. The van der Waals surface area contributed by atoms with Gasteiger partial charge in [-0.25, -0.2) is 0 Å². The second-order valence-corrected chi connectivity index (χ2v) is 18.5. The van der Waals surface area contributed by atoms with Crippen LogP contribution in [0.15, 0.2) is 0 Å². The third kappa shape index (κ3) is 0.196. The molecule has 0 aromatic carbocycles. The fraction of sp³-hybridized carbons (Fsp3) is 1.00. The van der Waals surface area contributed by atoms with Crippen LogP contribution < -0.4 is 0 Å². The molecule has 6 heterocycles. The maximum absolute atomic E-state index is 2.21. The lowest BCUT2D eigenvalue weighted by molar-refractivity contribution is 1.93. The van der Waals surface area contributed by atoms with Gasteiger partial charge in [0.05, 0.1) is 0 Å². The van der Waals surface area contributed by atoms with Gasteiger partial charge in [-0.15, -0.1) is 0 Å². The van der Waals surface area contributed by atoms with E-state index in [4.69, 9.17) is 0 Å². The lowest BCUT2D eigenvalue weighted by Gasteiger charge is -2.81. The average molecular weight is 172 g/mol. The molecule has 0 nitrogen and oxygen atoms in total. The summed E-state index contributed by atoms with van der Waals surface area (Å²) in [6.07, 6.45) is -0.0370. The molecule has 0 spiro atoms. The van der Waals surface area contributed by atoms with E-state index in [-0.39, 0.29) is 6.16 Å². The molecule has 6 rings (SSSR count). The van der Waals surface area contributed by atoms with Crippen LogP contribution in [0.25, 0.3) is 0 Å². The Hall–Kier alpha value is 1.75. The summed E-state index contributed by atoms with van der Waals surface area (Å²) in [6, 6.07) is 0. The molecule has 0 amide bonds. The summed E-state index contributed by atoms with van der Waals surface area (Å²) in [6.45, 7) is 0. The Labute approximate surface area is 51.9 Å². The second kappa shape index (κ2) is 0.708. The first-order valence-corrected chi connectivity index (χ1v) is 8.45. The Morgan fingerprint density at radius 3 is 1.17 bits per heavy atom. The molecule has 34 valence electrons. The number of rotatable bonds is 0. The van der Waals surface area contributed by atoms with Crippen molar-refractivity contribution < 1.29 is 0 Å². The topological polar surface area (TPSA) is 0 Å². The fourth-order valence-corrected chi connectivity index (χ4v) is 32.5. The van der Waals surface area contributed by atoms with E-state index in [2.05, 4.69) is 43.2 Å². The summed E-state index contributed by atoms with van der Waals surface area (Å²) < 4.78 is 0.704. The Morgan fingerprint density at radius 2 is 1.17 bits per heavy atom. The Morgan fingerprint density at radius 1 is 1.00 bits per heavy atom. The van der Waals surface area contributed by atoms with Crippen molar-refractivity contribution in [3.8, 4) is 0 Å². The van der Waals surface area contributed by atoms with Gasteiger partial charge in [0, 0.05) is 0 Å². The minimum atomic E-state index is -0.0370. The zero-order valence-electron chi connectivity index (χ0n) is 2.54. The van der Waals surface area contributed by atoms with Crippen LogP contribution in [-0.4, -0.2) is 2.74 Å². The van der Waals surface area contributed by atoms with E-state index >= 15 is 0 Å². The Bertz CT molecular complexity index is 80.9. The van der Waals surface area contributed by atoms with Gasteiger partial charge < -0.3 is 0 Å². The first-order valence-electron chi connectivity index (χ1n) is 1.48. The molecule has 0 aromatic rings. The van der Waals surface area contributed by atoms with Crippen LogP contribution in [0, 0.1) is 0 Å². The Kier molecular flexibility index (Phi) is 0.439. The molecule has 6 saturated heterocycles. The highest BCUT2D eigenvalue weighted by Crippen LogP contribution is 3.30. The Balaban J connectivity index is 2.31. The summed E-state index contributed by atoms with van der Waals surface area (Å²) in [4.78, 5) is 0. The van der Waals surface area contributed by atoms with Crippen molar-refractivity contribution in [2.24, 2.45) is 0 Å². The summed E-state index contributed by atoms with van der Waals surface area (Å²) in [5.41, 5.74) is 0. The zero-order valence-corrected chi connectivity index (χ0v) is 6.62. The van der Waals surface area contributed by atoms with Gasteiger partial charge in [-0.05, 0) is 49.3 Å². The van der Waals surface area contributed by atoms with Crippen LogP contribution in [0.4, 0.5) is 0 Å². The summed E-state index contributed by atoms with van der Waals surface area (Å²) in [5, 5.41) is 0. The first kappa shape index (κ1) is 3.71. The van der Waals surface area contributed by atoms with Crippen molar-refractivity contribution in [2.45, 2.75) is 2.74 Å². The van der Waals surface area contributed by atoms with Crippen molar-refractivity contribution in [1.29, 1.82) is 0 Å². The normalized spacial score (nSPS) is 90.7. The van der Waals surface area contributed by atoms with Gasteiger partial charge >= 0.3 is 0 Å². The van der Waals surface area contributed by atoms with Gasteiger partial charge in [0.15, 0.2) is 2.74 Å². The third-order valence-corrected chi connectivity index (χ3v) is 22.0. The predicted octanol–water partition coefficient (Wildman–Crippen LogP) is 3.04. The maximum atomic E-state index is 2.21. The van der Waals surface area contributed by atoms with E-state index in [1.807, 2.05) is 0 Å². The molecule has 2 bridgehead atoms. The number of hydrogen-bond acceptors (Lipinski definition) is 4. The third-order valence-electron chi connectivity index (χ3n) is 0.816. The van der Waals surface area contributed by atoms with Crippen LogP contribution in [-0.2, 0) is 0 Å². The van der Waals surface area contributed by atoms with Gasteiger partial charge in [0.1, 0.15) is 0 Å². The molecule has 6 aliphatic heterocycles. The lowest BCUT2D eigenvalue weighted by atomic mass is 11.8. The van der Waals surface area contributed by atoms with Gasteiger partial charge in [-0.3, -0.25) is 0 Å². The molecule has 5 heteroatoms. The highest BCUT2D eigenvalue weighted by molar-refractivity contribution is 9.89. The van der Waals surface area contributed by atoms with Crippen molar-refractivity contribution in [3.05, 3.63) is 0 Å². The van der Waals surface area contributed by atoms with Crippen molar-refractivity contribution in [1.82, 2.24) is 0 Å². The summed E-state index contributed by atoms with van der Waals surface area (Å²) in [7, 11) is 8.83. The quantitative estimate of drug-likeness (QED) is 0.515. The second-order valence-electron chi connectivity index (χ2n) is 1.24. The molecule has 0 radical (unpaired) electrons. The molecular weight excluding hydrogens is 172 g/mol. The fourth-order valence-electron chi connectivity index (χ4n) is 0.537. The highest BCUT2D eigenvalue weighted by Gasteiger charge is 2.85. The molecule has 0 N–H and O–H groups in total. The molecule has 6 fully saturated rings. The molecule has 0 saturated carbocycles. The molecule has 0 aliphatic carbocycles. The SMILES string of the molecule is S1C23SS1(S2)S3. The van der Waals surface area contributed by atoms with Crippen LogP contribution in [0.2, 0.25) is 0 Å². The zero-order chi connectivity index (χ0) is 3.83. The maximum Gasteiger partial charge on any atom is 0.195 e. The van der Waals surface area contributed by atoms with Gasteiger partial charge in [0.2, 0.25) is 0 Å².